The normalized spacial score (nSPS) is 23.7. The number of amides is 1. The minimum Gasteiger partial charge on any atom is -0.381 e. The van der Waals surface area contributed by atoms with Gasteiger partial charge in [-0.1, -0.05) is 13.8 Å². The molecule has 3 heterocycles. The van der Waals surface area contributed by atoms with E-state index >= 15 is 0 Å². The molecule has 1 N–H and O–H groups in total. The summed E-state index contributed by atoms with van der Waals surface area (Å²) in [5, 5.41) is 3.40. The van der Waals surface area contributed by atoms with Crippen molar-refractivity contribution >= 4 is 5.91 Å². The second kappa shape index (κ2) is 8.83. The third-order valence-corrected chi connectivity index (χ3v) is 6.12. The highest BCUT2D eigenvalue weighted by Gasteiger charge is 2.47. The Morgan fingerprint density at radius 2 is 1.92 bits per heavy atom. The molecule has 1 spiro atoms. The molecule has 0 atom stereocenters. The van der Waals surface area contributed by atoms with E-state index in [1.165, 1.54) is 45.6 Å². The predicted octanol–water partition coefficient (Wildman–Crippen LogP) is 1.97. The van der Waals surface area contributed by atoms with Gasteiger partial charge in [0.05, 0.1) is 0 Å². The largest absolute Gasteiger partial charge is 0.381 e. The maximum atomic E-state index is 12.3. The molecular formula is C20H37N3O2. The van der Waals surface area contributed by atoms with Gasteiger partial charge < -0.3 is 19.9 Å². The molecule has 0 aliphatic carbocycles. The van der Waals surface area contributed by atoms with Crippen molar-refractivity contribution in [1.82, 2.24) is 15.1 Å². The summed E-state index contributed by atoms with van der Waals surface area (Å²) in [4.78, 5) is 17.0. The highest BCUT2D eigenvalue weighted by Crippen LogP contribution is 2.35. The average Bonchev–Trinajstić information content (AvgIpc) is 2.52. The summed E-state index contributed by atoms with van der Waals surface area (Å²) in [6.07, 6.45) is 4.97. The summed E-state index contributed by atoms with van der Waals surface area (Å²) in [6, 6.07) is 0. The first kappa shape index (κ1) is 19.1. The zero-order chi connectivity index (χ0) is 17.7. The summed E-state index contributed by atoms with van der Waals surface area (Å²) in [5.41, 5.74) is 0.633. The van der Waals surface area contributed by atoms with Gasteiger partial charge >= 0.3 is 0 Å². The third kappa shape index (κ3) is 5.41. The molecule has 1 amide bonds. The fourth-order valence-corrected chi connectivity index (χ4v) is 4.37. The van der Waals surface area contributed by atoms with E-state index in [1.807, 2.05) is 0 Å². The predicted molar refractivity (Wildman–Crippen MR) is 101 cm³/mol. The number of carbonyl (C=O) groups is 1. The van der Waals surface area contributed by atoms with Crippen LogP contribution in [0.5, 0.6) is 0 Å². The Bertz CT molecular complexity index is 421. The van der Waals surface area contributed by atoms with Gasteiger partial charge in [0.2, 0.25) is 5.91 Å². The van der Waals surface area contributed by atoms with Crippen molar-refractivity contribution in [3.05, 3.63) is 0 Å². The van der Waals surface area contributed by atoms with Crippen molar-refractivity contribution < 1.29 is 9.53 Å². The summed E-state index contributed by atoms with van der Waals surface area (Å²) >= 11 is 0. The highest BCUT2D eigenvalue weighted by molar-refractivity contribution is 5.76. The smallest absolute Gasteiger partial charge is 0.222 e. The number of piperidine rings is 1. The molecule has 3 saturated heterocycles. The molecule has 3 fully saturated rings. The maximum absolute atomic E-state index is 12.3. The molecule has 0 saturated carbocycles. The highest BCUT2D eigenvalue weighted by atomic mass is 16.5. The molecule has 0 bridgehead atoms. The minimum atomic E-state index is 0.328. The number of hydrogen-bond acceptors (Lipinski definition) is 4. The van der Waals surface area contributed by atoms with Crippen LogP contribution in [-0.4, -0.2) is 74.7 Å². The van der Waals surface area contributed by atoms with E-state index < -0.39 is 0 Å². The van der Waals surface area contributed by atoms with Crippen molar-refractivity contribution in [2.45, 2.75) is 46.0 Å². The minimum absolute atomic E-state index is 0.328. The number of hydrogen-bond donors (Lipinski definition) is 1. The number of rotatable bonds is 9. The van der Waals surface area contributed by atoms with Crippen LogP contribution in [-0.2, 0) is 9.53 Å². The first-order valence-electron chi connectivity index (χ1n) is 10.3. The van der Waals surface area contributed by atoms with Crippen molar-refractivity contribution in [2.75, 3.05) is 59.0 Å². The van der Waals surface area contributed by atoms with E-state index in [2.05, 4.69) is 29.0 Å². The second-order valence-corrected chi connectivity index (χ2v) is 9.00. The fraction of sp³-hybridized carbons (Fsp3) is 0.950. The summed E-state index contributed by atoms with van der Waals surface area (Å²) in [5.74, 6) is 1.80. The second-order valence-electron chi connectivity index (χ2n) is 9.00. The number of nitrogens with zero attached hydrogens (tertiary/aromatic N) is 2. The molecule has 25 heavy (non-hydrogen) atoms. The molecule has 3 aliphatic heterocycles. The molecule has 0 aromatic carbocycles. The standard InChI is InChI=1S/C20H37N3O2/c1-17(2)7-11-25-10-3-4-19(24)23-8-5-18(6-9-23)12-22-15-20(16-22)13-21-14-20/h17-18,21H,3-16H2,1-2H3. The number of carbonyl (C=O) groups excluding carboxylic acids is 1. The van der Waals surface area contributed by atoms with Crippen LogP contribution in [0, 0.1) is 17.3 Å². The molecule has 0 radical (unpaired) electrons. The Kier molecular flexibility index (Phi) is 6.75. The lowest BCUT2D eigenvalue weighted by Crippen LogP contribution is -2.71. The molecule has 5 nitrogen and oxygen atoms in total. The van der Waals surface area contributed by atoms with Crippen LogP contribution < -0.4 is 5.32 Å². The van der Waals surface area contributed by atoms with Gasteiger partial charge in [-0.2, -0.15) is 0 Å². The summed E-state index contributed by atoms with van der Waals surface area (Å²) < 4.78 is 5.61. The van der Waals surface area contributed by atoms with Crippen molar-refractivity contribution in [3.8, 4) is 0 Å². The Morgan fingerprint density at radius 3 is 2.52 bits per heavy atom. The van der Waals surface area contributed by atoms with E-state index in [9.17, 15) is 4.79 Å². The van der Waals surface area contributed by atoms with E-state index in [4.69, 9.17) is 4.74 Å². The lowest BCUT2D eigenvalue weighted by Gasteiger charge is -2.57. The number of nitrogens with one attached hydrogen (secondary N) is 1. The van der Waals surface area contributed by atoms with Crippen LogP contribution in [0.25, 0.3) is 0 Å². The Labute approximate surface area is 153 Å². The SMILES string of the molecule is CC(C)CCOCCCC(=O)N1CCC(CN2CC3(CNC3)C2)CC1. The zero-order valence-corrected chi connectivity index (χ0v) is 16.3. The van der Waals surface area contributed by atoms with Crippen LogP contribution in [0.15, 0.2) is 0 Å². The Hall–Kier alpha value is -0.650. The topological polar surface area (TPSA) is 44.8 Å². The molecule has 144 valence electrons. The molecule has 5 heteroatoms. The van der Waals surface area contributed by atoms with Gasteiger partial charge in [-0.05, 0) is 37.5 Å². The van der Waals surface area contributed by atoms with Gasteiger partial charge in [0, 0.05) is 70.9 Å². The first-order valence-corrected chi connectivity index (χ1v) is 10.3. The van der Waals surface area contributed by atoms with E-state index in [0.29, 0.717) is 23.7 Å². The average molecular weight is 352 g/mol. The maximum Gasteiger partial charge on any atom is 0.222 e. The summed E-state index contributed by atoms with van der Waals surface area (Å²) in [6.45, 7) is 14.1. The lowest BCUT2D eigenvalue weighted by molar-refractivity contribution is -0.133. The quantitative estimate of drug-likeness (QED) is 0.645. The van der Waals surface area contributed by atoms with Crippen LogP contribution in [0.4, 0.5) is 0 Å². The first-order chi connectivity index (χ1) is 12.1. The van der Waals surface area contributed by atoms with Gasteiger partial charge in [-0.25, -0.2) is 0 Å². The molecular weight excluding hydrogens is 314 g/mol. The molecule has 0 aromatic rings. The third-order valence-electron chi connectivity index (χ3n) is 6.12. The van der Waals surface area contributed by atoms with E-state index in [1.54, 1.807) is 0 Å². The van der Waals surface area contributed by atoms with Gasteiger partial charge in [0.25, 0.3) is 0 Å². The molecule has 3 aliphatic rings. The van der Waals surface area contributed by atoms with Crippen LogP contribution in [0.2, 0.25) is 0 Å². The monoisotopic (exact) mass is 351 g/mol. The van der Waals surface area contributed by atoms with Crippen molar-refractivity contribution in [3.63, 3.8) is 0 Å². The summed E-state index contributed by atoms with van der Waals surface area (Å²) in [7, 11) is 0. The molecule has 0 unspecified atom stereocenters. The van der Waals surface area contributed by atoms with Crippen molar-refractivity contribution in [2.24, 2.45) is 17.3 Å². The van der Waals surface area contributed by atoms with E-state index in [-0.39, 0.29) is 0 Å². The lowest BCUT2D eigenvalue weighted by atomic mass is 9.74. The number of likely N-dealkylation sites (tertiary alicyclic amines) is 2. The molecule has 0 aromatic heterocycles. The van der Waals surface area contributed by atoms with Gasteiger partial charge in [-0.15, -0.1) is 0 Å². The van der Waals surface area contributed by atoms with Crippen LogP contribution >= 0.6 is 0 Å². The zero-order valence-electron chi connectivity index (χ0n) is 16.3. The number of ether oxygens (including phenoxy) is 1. The fourth-order valence-electron chi connectivity index (χ4n) is 4.37. The van der Waals surface area contributed by atoms with Gasteiger partial charge in [0.1, 0.15) is 0 Å². The van der Waals surface area contributed by atoms with Crippen LogP contribution in [0.1, 0.15) is 46.0 Å². The van der Waals surface area contributed by atoms with Gasteiger partial charge in [-0.3, -0.25) is 4.79 Å². The Balaban J connectivity index is 1.21. The van der Waals surface area contributed by atoms with Crippen molar-refractivity contribution in [1.29, 1.82) is 0 Å². The molecule has 3 rings (SSSR count). The van der Waals surface area contributed by atoms with Gasteiger partial charge in [0.15, 0.2) is 0 Å². The van der Waals surface area contributed by atoms with Crippen LogP contribution in [0.3, 0.4) is 0 Å². The van der Waals surface area contributed by atoms with E-state index in [0.717, 1.165) is 45.1 Å². The Morgan fingerprint density at radius 1 is 1.20 bits per heavy atom.